The fraction of sp³-hybridized carbons (Fsp3) is 0.714. The molecule has 4 rings (SSSR count). The lowest BCUT2D eigenvalue weighted by atomic mass is 9.46. The number of fused-ring (bicyclic) bond motifs is 5. The van der Waals surface area contributed by atoms with Gasteiger partial charge in [-0.1, -0.05) is 25.5 Å². The summed E-state index contributed by atoms with van der Waals surface area (Å²) in [5, 5.41) is 22.4. The fourth-order valence-corrected chi connectivity index (χ4v) is 7.12. The van der Waals surface area contributed by atoms with Crippen LogP contribution in [0.4, 0.5) is 0 Å². The Labute approximate surface area is 159 Å². The van der Waals surface area contributed by atoms with Gasteiger partial charge in [-0.3, -0.25) is 9.59 Å². The zero-order chi connectivity index (χ0) is 18.9. The van der Waals surface area contributed by atoms with E-state index in [-0.39, 0.29) is 40.6 Å². The normalized spacial score (nSPS) is 49.9. The maximum atomic E-state index is 12.5. The molecular formula is C21H27ClO4. The predicted molar refractivity (Wildman–Crippen MR) is 98.7 cm³/mol. The molecule has 142 valence electrons. The molecule has 0 aromatic heterocycles. The highest BCUT2D eigenvalue weighted by molar-refractivity contribution is 6.29. The summed E-state index contributed by atoms with van der Waals surface area (Å²) in [6.45, 7) is 4.08. The smallest absolute Gasteiger partial charge is 0.179 e. The molecule has 3 saturated carbocycles. The molecule has 0 amide bonds. The molecule has 0 aromatic carbocycles. The second-order valence-electron chi connectivity index (χ2n) is 9.17. The Morgan fingerprint density at radius 3 is 2.77 bits per heavy atom. The highest BCUT2D eigenvalue weighted by Gasteiger charge is 2.67. The Kier molecular flexibility index (Phi) is 4.08. The van der Waals surface area contributed by atoms with Crippen LogP contribution in [0, 0.1) is 28.6 Å². The van der Waals surface area contributed by atoms with Gasteiger partial charge in [0.05, 0.1) is 12.0 Å². The van der Waals surface area contributed by atoms with Gasteiger partial charge in [-0.15, -0.1) is 11.6 Å². The van der Waals surface area contributed by atoms with Crippen LogP contribution in [-0.4, -0.2) is 39.4 Å². The van der Waals surface area contributed by atoms with E-state index >= 15 is 0 Å². The topological polar surface area (TPSA) is 74.6 Å². The molecule has 2 N–H and O–H groups in total. The third kappa shape index (κ3) is 2.15. The molecule has 4 nitrogen and oxygen atoms in total. The third-order valence-corrected chi connectivity index (χ3v) is 8.47. The summed E-state index contributed by atoms with van der Waals surface area (Å²) in [5.41, 5.74) is -1.31. The molecule has 0 radical (unpaired) electrons. The lowest BCUT2D eigenvalue weighted by molar-refractivity contribution is -0.174. The van der Waals surface area contributed by atoms with Gasteiger partial charge in [-0.05, 0) is 56.1 Å². The van der Waals surface area contributed by atoms with Crippen LogP contribution in [0.25, 0.3) is 0 Å². The van der Waals surface area contributed by atoms with E-state index < -0.39 is 17.1 Å². The lowest BCUT2D eigenvalue weighted by Crippen LogP contribution is -2.61. The molecule has 1 unspecified atom stereocenters. The van der Waals surface area contributed by atoms with E-state index in [1.807, 2.05) is 13.0 Å². The van der Waals surface area contributed by atoms with Crippen LogP contribution < -0.4 is 0 Å². The summed E-state index contributed by atoms with van der Waals surface area (Å²) < 4.78 is 0. The first kappa shape index (κ1) is 18.4. The number of hydrogen-bond acceptors (Lipinski definition) is 4. The average molecular weight is 379 g/mol. The molecule has 0 aliphatic heterocycles. The van der Waals surface area contributed by atoms with Gasteiger partial charge in [0.25, 0.3) is 0 Å². The van der Waals surface area contributed by atoms with Gasteiger partial charge in [-0.2, -0.15) is 0 Å². The Balaban J connectivity index is 1.75. The van der Waals surface area contributed by atoms with Crippen molar-refractivity contribution in [1.82, 2.24) is 0 Å². The maximum Gasteiger partial charge on any atom is 0.179 e. The van der Waals surface area contributed by atoms with E-state index in [1.165, 1.54) is 0 Å². The van der Waals surface area contributed by atoms with Crippen LogP contribution in [0.3, 0.4) is 0 Å². The molecule has 4 aliphatic carbocycles. The highest BCUT2D eigenvalue weighted by atomic mass is 35.5. The molecule has 0 spiro atoms. The number of aliphatic hydroxyl groups is 2. The number of allylic oxidation sites excluding steroid dienone is 4. The van der Waals surface area contributed by atoms with Crippen molar-refractivity contribution < 1.29 is 19.8 Å². The number of ketones is 2. The lowest BCUT2D eigenvalue weighted by Gasteiger charge is -2.59. The summed E-state index contributed by atoms with van der Waals surface area (Å²) in [6.07, 6.45) is 8.00. The molecular weight excluding hydrogens is 352 g/mol. The molecule has 7 atom stereocenters. The minimum Gasteiger partial charge on any atom is -0.393 e. The Hall–Kier alpha value is -0.970. The zero-order valence-electron chi connectivity index (χ0n) is 15.4. The van der Waals surface area contributed by atoms with E-state index in [0.29, 0.717) is 12.8 Å². The number of hydrogen-bond donors (Lipinski definition) is 2. The number of aliphatic hydroxyl groups excluding tert-OH is 1. The number of carbonyl (C=O) groups excluding carboxylic acids is 2. The summed E-state index contributed by atoms with van der Waals surface area (Å²) in [5.74, 6) is -0.0790. The third-order valence-electron chi connectivity index (χ3n) is 8.23. The van der Waals surface area contributed by atoms with E-state index in [9.17, 15) is 19.8 Å². The van der Waals surface area contributed by atoms with Crippen molar-refractivity contribution in [3.63, 3.8) is 0 Å². The molecule has 26 heavy (non-hydrogen) atoms. The largest absolute Gasteiger partial charge is 0.393 e. The molecule has 0 bridgehead atoms. The van der Waals surface area contributed by atoms with Crippen LogP contribution in [0.2, 0.25) is 0 Å². The second kappa shape index (κ2) is 5.76. The minimum absolute atomic E-state index is 0.0124. The predicted octanol–water partition coefficient (Wildman–Crippen LogP) is 2.80. The van der Waals surface area contributed by atoms with Gasteiger partial charge < -0.3 is 10.2 Å². The monoisotopic (exact) mass is 378 g/mol. The first-order chi connectivity index (χ1) is 12.2. The van der Waals surface area contributed by atoms with Gasteiger partial charge in [-0.25, -0.2) is 0 Å². The Morgan fingerprint density at radius 2 is 2.08 bits per heavy atom. The van der Waals surface area contributed by atoms with Gasteiger partial charge in [0.15, 0.2) is 11.6 Å². The van der Waals surface area contributed by atoms with Crippen LogP contribution in [-0.2, 0) is 9.59 Å². The fourth-order valence-electron chi connectivity index (χ4n) is 6.90. The van der Waals surface area contributed by atoms with Crippen LogP contribution in [0.5, 0.6) is 0 Å². The highest BCUT2D eigenvalue weighted by Crippen LogP contribution is 2.67. The number of rotatable bonds is 2. The zero-order valence-corrected chi connectivity index (χ0v) is 16.1. The number of alkyl halides is 1. The summed E-state index contributed by atoms with van der Waals surface area (Å²) in [6, 6.07) is 0. The van der Waals surface area contributed by atoms with E-state index in [0.717, 1.165) is 24.8 Å². The molecule has 4 aliphatic rings. The second-order valence-corrected chi connectivity index (χ2v) is 9.43. The van der Waals surface area contributed by atoms with Crippen molar-refractivity contribution in [2.45, 2.75) is 57.7 Å². The molecule has 0 saturated heterocycles. The van der Waals surface area contributed by atoms with Gasteiger partial charge in [0.1, 0.15) is 5.60 Å². The van der Waals surface area contributed by atoms with Crippen molar-refractivity contribution >= 4 is 23.2 Å². The van der Waals surface area contributed by atoms with E-state index in [4.69, 9.17) is 11.6 Å². The summed E-state index contributed by atoms with van der Waals surface area (Å²) >= 11 is 5.80. The summed E-state index contributed by atoms with van der Waals surface area (Å²) in [7, 11) is 0. The average Bonchev–Trinajstić information content (AvgIpc) is 2.86. The Morgan fingerprint density at radius 1 is 1.35 bits per heavy atom. The molecule has 3 fully saturated rings. The van der Waals surface area contributed by atoms with Crippen molar-refractivity contribution in [3.8, 4) is 0 Å². The minimum atomic E-state index is -1.44. The van der Waals surface area contributed by atoms with Crippen molar-refractivity contribution in [2.24, 2.45) is 28.6 Å². The number of carbonyl (C=O) groups is 2. The molecule has 5 heteroatoms. The van der Waals surface area contributed by atoms with Crippen molar-refractivity contribution in [1.29, 1.82) is 0 Å². The van der Waals surface area contributed by atoms with Crippen molar-refractivity contribution in [2.75, 3.05) is 5.88 Å². The first-order valence-corrected chi connectivity index (χ1v) is 10.1. The van der Waals surface area contributed by atoms with Gasteiger partial charge in [0, 0.05) is 16.7 Å². The standard InChI is InChI=1S/C21H27ClO4/c1-19-7-5-13(23)9-12(19)3-4-14-15-6-8-21(26,17(25)11-22)20(15,2)10-16(24)18(14)19/h5,7,9,14-16,18,24,26H,3-4,6,8,10-11H2,1-2H3/t14-,15-,16?,18+,19-,20-,21-/m0/s1. The van der Waals surface area contributed by atoms with Crippen LogP contribution in [0.15, 0.2) is 23.8 Å². The molecule has 0 heterocycles. The summed E-state index contributed by atoms with van der Waals surface area (Å²) in [4.78, 5) is 24.3. The maximum absolute atomic E-state index is 12.5. The SMILES string of the molecule is C[C@]12C=CC(=O)C=C1CC[C@@H]1[C@@H]2C(O)C[C@@]2(C)[C@H]1CC[C@]2(O)C(=O)CCl. The Bertz CT molecular complexity index is 728. The number of Topliss-reactive ketones (excluding diaryl/α,β-unsaturated/α-hetero) is 1. The van der Waals surface area contributed by atoms with Gasteiger partial charge in [0.2, 0.25) is 0 Å². The number of halogens is 1. The van der Waals surface area contributed by atoms with Crippen LogP contribution >= 0.6 is 11.6 Å². The molecule has 0 aromatic rings. The van der Waals surface area contributed by atoms with Crippen molar-refractivity contribution in [3.05, 3.63) is 23.8 Å². The quantitative estimate of drug-likeness (QED) is 0.724. The van der Waals surface area contributed by atoms with Gasteiger partial charge >= 0.3 is 0 Å². The van der Waals surface area contributed by atoms with E-state index in [2.05, 4.69) is 6.92 Å². The first-order valence-electron chi connectivity index (χ1n) is 9.61. The van der Waals surface area contributed by atoms with Crippen LogP contribution in [0.1, 0.15) is 46.0 Å². The van der Waals surface area contributed by atoms with E-state index in [1.54, 1.807) is 12.2 Å².